The van der Waals surface area contributed by atoms with E-state index in [4.69, 9.17) is 15.2 Å². The Balaban J connectivity index is 1.85. The van der Waals surface area contributed by atoms with Crippen molar-refractivity contribution < 1.29 is 28.2 Å². The molecule has 0 spiro atoms. The van der Waals surface area contributed by atoms with Gasteiger partial charge in [-0.05, 0) is 42.8 Å². The van der Waals surface area contributed by atoms with Crippen molar-refractivity contribution in [3.8, 4) is 5.75 Å². The molecule has 30 heavy (non-hydrogen) atoms. The molecule has 0 saturated heterocycles. The third kappa shape index (κ3) is 7.31. The van der Waals surface area contributed by atoms with Crippen molar-refractivity contribution in [2.75, 3.05) is 6.61 Å². The number of ether oxygens (including phenoxy) is 2. The molecule has 0 aromatic heterocycles. The first-order chi connectivity index (χ1) is 14.4. The zero-order valence-corrected chi connectivity index (χ0v) is 16.9. The largest absolute Gasteiger partial charge is 0.494 e. The van der Waals surface area contributed by atoms with E-state index < -0.39 is 23.8 Å². The van der Waals surface area contributed by atoms with Crippen LogP contribution in [0, 0.1) is 5.82 Å². The Morgan fingerprint density at radius 2 is 1.63 bits per heavy atom. The number of carbonyl (C=O) groups excluding carboxylic acids is 3. The second-order valence-corrected chi connectivity index (χ2v) is 6.83. The number of hydrogen-bond donors (Lipinski definition) is 1. The van der Waals surface area contributed by atoms with Gasteiger partial charge in [0.25, 0.3) is 5.91 Å². The van der Waals surface area contributed by atoms with Gasteiger partial charge in [-0.1, -0.05) is 31.9 Å². The third-order valence-corrected chi connectivity index (χ3v) is 4.43. The minimum atomic E-state index is -1.34. The number of ketones is 1. The Hall–Kier alpha value is -3.22. The highest BCUT2D eigenvalue weighted by atomic mass is 19.1. The topological polar surface area (TPSA) is 95.7 Å². The predicted octanol–water partition coefficient (Wildman–Crippen LogP) is 4.13. The number of nitrogens with two attached hydrogens (primary N) is 1. The minimum Gasteiger partial charge on any atom is -0.494 e. The number of hydrogen-bond acceptors (Lipinski definition) is 5. The third-order valence-electron chi connectivity index (χ3n) is 4.43. The summed E-state index contributed by atoms with van der Waals surface area (Å²) in [6.45, 7) is 2.75. The lowest BCUT2D eigenvalue weighted by Gasteiger charge is -2.15. The van der Waals surface area contributed by atoms with Crippen molar-refractivity contribution in [3.63, 3.8) is 0 Å². The summed E-state index contributed by atoms with van der Waals surface area (Å²) in [4.78, 5) is 36.0. The lowest BCUT2D eigenvalue weighted by molar-refractivity contribution is -0.155. The number of halogens is 1. The molecule has 1 unspecified atom stereocenters. The molecule has 0 fully saturated rings. The second kappa shape index (κ2) is 11.7. The van der Waals surface area contributed by atoms with Crippen LogP contribution in [0.2, 0.25) is 0 Å². The zero-order chi connectivity index (χ0) is 21.9. The molecule has 0 saturated carbocycles. The summed E-state index contributed by atoms with van der Waals surface area (Å²) in [5.41, 5.74) is 5.99. The van der Waals surface area contributed by atoms with Crippen molar-refractivity contribution in [1.29, 1.82) is 0 Å². The maximum absolute atomic E-state index is 13.0. The summed E-state index contributed by atoms with van der Waals surface area (Å²) in [6.07, 6.45) is 1.57. The Bertz CT molecular complexity index is 849. The number of carbonyl (C=O) groups is 3. The molecule has 0 aliphatic carbocycles. The summed E-state index contributed by atoms with van der Waals surface area (Å²) in [5, 5.41) is 0. The summed E-state index contributed by atoms with van der Waals surface area (Å²) in [6, 6.07) is 11.6. The predicted molar refractivity (Wildman–Crippen MR) is 109 cm³/mol. The van der Waals surface area contributed by atoms with Crippen LogP contribution in [-0.4, -0.2) is 24.3 Å². The van der Waals surface area contributed by atoms with Gasteiger partial charge < -0.3 is 15.2 Å². The number of esters is 1. The van der Waals surface area contributed by atoms with Crippen LogP contribution < -0.4 is 10.5 Å². The van der Waals surface area contributed by atoms with E-state index in [9.17, 15) is 18.8 Å². The Labute approximate surface area is 175 Å². The van der Waals surface area contributed by atoms with E-state index in [1.807, 2.05) is 0 Å². The van der Waals surface area contributed by atoms with Gasteiger partial charge in [0.15, 0.2) is 5.78 Å². The van der Waals surface area contributed by atoms with E-state index >= 15 is 0 Å². The van der Waals surface area contributed by atoms with Gasteiger partial charge in [0.2, 0.25) is 6.10 Å². The molecule has 2 N–H and O–H groups in total. The molecule has 160 valence electrons. The molecule has 2 aromatic rings. The highest BCUT2D eigenvalue weighted by Crippen LogP contribution is 2.19. The van der Waals surface area contributed by atoms with Crippen LogP contribution in [0.4, 0.5) is 4.39 Å². The van der Waals surface area contributed by atoms with E-state index in [2.05, 4.69) is 6.92 Å². The van der Waals surface area contributed by atoms with Gasteiger partial charge in [-0.3, -0.25) is 14.4 Å². The van der Waals surface area contributed by atoms with Crippen LogP contribution in [0.25, 0.3) is 0 Å². The van der Waals surface area contributed by atoms with Crippen LogP contribution in [0.5, 0.6) is 5.75 Å². The van der Waals surface area contributed by atoms with Gasteiger partial charge >= 0.3 is 5.97 Å². The van der Waals surface area contributed by atoms with Crippen molar-refractivity contribution in [3.05, 3.63) is 65.5 Å². The van der Waals surface area contributed by atoms with E-state index in [1.165, 1.54) is 12.1 Å². The van der Waals surface area contributed by atoms with Crippen LogP contribution in [-0.2, 0) is 14.3 Å². The summed E-state index contributed by atoms with van der Waals surface area (Å²) >= 11 is 0. The molecule has 7 heteroatoms. The van der Waals surface area contributed by atoms with Gasteiger partial charge in [0.05, 0.1) is 13.0 Å². The highest BCUT2D eigenvalue weighted by Gasteiger charge is 2.23. The number of amides is 1. The first-order valence-corrected chi connectivity index (χ1v) is 9.91. The number of Topliss-reactive ketones (excluding diaryl/α,β-unsaturated/α-hetero) is 1. The smallest absolute Gasteiger partial charge is 0.307 e. The monoisotopic (exact) mass is 415 g/mol. The van der Waals surface area contributed by atoms with Crippen molar-refractivity contribution in [2.45, 2.75) is 45.1 Å². The Kier molecular flexibility index (Phi) is 9.00. The van der Waals surface area contributed by atoms with E-state index in [0.717, 1.165) is 31.4 Å². The first kappa shape index (κ1) is 23.1. The van der Waals surface area contributed by atoms with E-state index in [0.29, 0.717) is 17.9 Å². The molecule has 0 heterocycles. The average molecular weight is 415 g/mol. The number of primary amides is 1. The van der Waals surface area contributed by atoms with Crippen LogP contribution >= 0.6 is 0 Å². The van der Waals surface area contributed by atoms with Gasteiger partial charge in [-0.15, -0.1) is 0 Å². The highest BCUT2D eigenvalue weighted by molar-refractivity contribution is 5.97. The number of benzene rings is 2. The normalized spacial score (nSPS) is 11.5. The van der Waals surface area contributed by atoms with Gasteiger partial charge in [0, 0.05) is 17.5 Å². The van der Waals surface area contributed by atoms with Crippen LogP contribution in [0.1, 0.15) is 61.1 Å². The maximum atomic E-state index is 13.0. The molecule has 6 nitrogen and oxygen atoms in total. The molecule has 0 aliphatic heterocycles. The quantitative estimate of drug-likeness (QED) is 0.319. The summed E-state index contributed by atoms with van der Waals surface area (Å²) in [5.74, 6) is -1.66. The molecule has 0 radical (unpaired) electrons. The molecule has 2 rings (SSSR count). The average Bonchev–Trinajstić information content (AvgIpc) is 2.74. The SMILES string of the molecule is CCCCCOc1ccc(C(=O)CCC(=O)OC(C(N)=O)c2ccc(F)cc2)cc1. The van der Waals surface area contributed by atoms with Gasteiger partial charge in [-0.25, -0.2) is 4.39 Å². The van der Waals surface area contributed by atoms with Crippen molar-refractivity contribution in [2.24, 2.45) is 5.73 Å². The standard InChI is InChI=1S/C23H26FNO5/c1-2-3-4-15-29-19-11-7-16(8-12-19)20(26)13-14-21(27)30-22(23(25)28)17-5-9-18(24)10-6-17/h5-12,22H,2-4,13-15H2,1H3,(H2,25,28). The molecular formula is C23H26FNO5. The molecule has 1 amide bonds. The van der Waals surface area contributed by atoms with Gasteiger partial charge in [0.1, 0.15) is 11.6 Å². The fourth-order valence-corrected chi connectivity index (χ4v) is 2.76. The zero-order valence-electron chi connectivity index (χ0n) is 16.9. The summed E-state index contributed by atoms with van der Waals surface area (Å²) in [7, 11) is 0. The lowest BCUT2D eigenvalue weighted by atomic mass is 10.1. The first-order valence-electron chi connectivity index (χ1n) is 9.91. The maximum Gasteiger partial charge on any atom is 0.307 e. The molecule has 0 aliphatic rings. The molecule has 1 atom stereocenters. The van der Waals surface area contributed by atoms with E-state index in [-0.39, 0.29) is 24.2 Å². The Morgan fingerprint density at radius 1 is 0.967 bits per heavy atom. The lowest BCUT2D eigenvalue weighted by Crippen LogP contribution is -2.26. The molecule has 2 aromatic carbocycles. The Morgan fingerprint density at radius 3 is 2.23 bits per heavy atom. The number of rotatable bonds is 12. The van der Waals surface area contributed by atoms with Crippen LogP contribution in [0.3, 0.4) is 0 Å². The second-order valence-electron chi connectivity index (χ2n) is 6.83. The van der Waals surface area contributed by atoms with Crippen LogP contribution in [0.15, 0.2) is 48.5 Å². The minimum absolute atomic E-state index is 0.0789. The van der Waals surface area contributed by atoms with Crippen molar-refractivity contribution >= 4 is 17.7 Å². The molecule has 0 bridgehead atoms. The van der Waals surface area contributed by atoms with Gasteiger partial charge in [-0.2, -0.15) is 0 Å². The number of unbranched alkanes of at least 4 members (excludes halogenated alkanes) is 2. The van der Waals surface area contributed by atoms with Crippen molar-refractivity contribution in [1.82, 2.24) is 0 Å². The fourth-order valence-electron chi connectivity index (χ4n) is 2.76. The van der Waals surface area contributed by atoms with E-state index in [1.54, 1.807) is 24.3 Å². The molecular weight excluding hydrogens is 389 g/mol. The summed E-state index contributed by atoms with van der Waals surface area (Å²) < 4.78 is 23.7. The fraction of sp³-hybridized carbons (Fsp3) is 0.348.